The SMILES string of the molecule is CC(C)CCCCCCCCCCCCCCCOP(=O)(O)OCCCCCCCCCCCCCCCC(C)C. The third-order valence-electron chi connectivity index (χ3n) is 8.36. The molecule has 0 atom stereocenters. The van der Waals surface area contributed by atoms with Crippen LogP contribution in [0, 0.1) is 11.8 Å². The molecule has 41 heavy (non-hydrogen) atoms. The van der Waals surface area contributed by atoms with Crippen LogP contribution in [-0.4, -0.2) is 18.1 Å². The Bertz CT molecular complexity index is 508. The lowest BCUT2D eigenvalue weighted by molar-refractivity contribution is 0.145. The maximum Gasteiger partial charge on any atom is 0.472 e. The fourth-order valence-electron chi connectivity index (χ4n) is 5.60. The van der Waals surface area contributed by atoms with Crippen molar-refractivity contribution in [3.05, 3.63) is 0 Å². The van der Waals surface area contributed by atoms with Crippen molar-refractivity contribution in [3.8, 4) is 0 Å². The molecule has 0 saturated carbocycles. The first kappa shape index (κ1) is 41.1. The molecular formula is C36H75O4P. The Morgan fingerprint density at radius 3 is 0.805 bits per heavy atom. The average molecular weight is 603 g/mol. The summed E-state index contributed by atoms with van der Waals surface area (Å²) in [6, 6.07) is 0. The Morgan fingerprint density at radius 1 is 0.390 bits per heavy atom. The molecule has 0 unspecified atom stereocenters. The standard InChI is InChI=1S/C36H75O4P/c1-35(2)31-27-23-19-15-11-7-5-9-13-17-21-25-29-33-39-41(37,38)40-34-30-26-22-18-14-10-6-8-12-16-20-24-28-32-36(3)4/h35-36H,5-34H2,1-4H3,(H,37,38). The zero-order valence-electron chi connectivity index (χ0n) is 28.5. The van der Waals surface area contributed by atoms with Crippen LogP contribution >= 0.6 is 7.82 Å². The molecule has 0 aromatic heterocycles. The molecule has 0 spiro atoms. The minimum Gasteiger partial charge on any atom is -0.302 e. The Labute approximate surface area is 258 Å². The highest BCUT2D eigenvalue weighted by molar-refractivity contribution is 7.47. The fourth-order valence-corrected chi connectivity index (χ4v) is 6.39. The quantitative estimate of drug-likeness (QED) is 0.0588. The van der Waals surface area contributed by atoms with E-state index in [1.807, 2.05) is 0 Å². The van der Waals surface area contributed by atoms with Crippen LogP contribution < -0.4 is 0 Å². The van der Waals surface area contributed by atoms with Crippen molar-refractivity contribution in [3.63, 3.8) is 0 Å². The summed E-state index contributed by atoms with van der Waals surface area (Å²) in [6.45, 7) is 9.92. The van der Waals surface area contributed by atoms with Crippen molar-refractivity contribution < 1.29 is 18.5 Å². The lowest BCUT2D eigenvalue weighted by Gasteiger charge is -2.12. The lowest BCUT2D eigenvalue weighted by Crippen LogP contribution is -1.99. The Kier molecular flexibility index (Phi) is 31.6. The van der Waals surface area contributed by atoms with Gasteiger partial charge in [0.05, 0.1) is 13.2 Å². The van der Waals surface area contributed by atoms with Crippen molar-refractivity contribution in [1.29, 1.82) is 0 Å². The van der Waals surface area contributed by atoms with Gasteiger partial charge in [0, 0.05) is 0 Å². The minimum absolute atomic E-state index is 0.323. The molecule has 1 N–H and O–H groups in total. The van der Waals surface area contributed by atoms with E-state index in [0.717, 1.165) is 37.5 Å². The first-order valence-electron chi connectivity index (χ1n) is 18.5. The highest BCUT2D eigenvalue weighted by Gasteiger charge is 2.19. The maximum absolute atomic E-state index is 12.0. The molecule has 0 aliphatic rings. The molecule has 0 aromatic rings. The van der Waals surface area contributed by atoms with Gasteiger partial charge in [0.25, 0.3) is 0 Å². The van der Waals surface area contributed by atoms with Gasteiger partial charge in [-0.3, -0.25) is 9.05 Å². The van der Waals surface area contributed by atoms with Gasteiger partial charge in [0.2, 0.25) is 0 Å². The average Bonchev–Trinajstić information content (AvgIpc) is 2.92. The number of phosphoric acid groups is 1. The second-order valence-electron chi connectivity index (χ2n) is 13.7. The Balaban J connectivity index is 3.28. The molecule has 0 radical (unpaired) electrons. The van der Waals surface area contributed by atoms with Crippen LogP contribution in [-0.2, 0) is 13.6 Å². The maximum atomic E-state index is 12.0. The first-order valence-corrected chi connectivity index (χ1v) is 19.9. The van der Waals surface area contributed by atoms with Crippen molar-refractivity contribution in [2.24, 2.45) is 11.8 Å². The second-order valence-corrected chi connectivity index (χ2v) is 15.1. The molecular weight excluding hydrogens is 527 g/mol. The molecule has 0 saturated heterocycles. The van der Waals surface area contributed by atoms with E-state index in [2.05, 4.69) is 27.7 Å². The van der Waals surface area contributed by atoms with E-state index >= 15 is 0 Å². The number of hydrogen-bond donors (Lipinski definition) is 1. The van der Waals surface area contributed by atoms with Crippen molar-refractivity contribution in [1.82, 2.24) is 0 Å². The number of unbranched alkanes of at least 4 members (excludes halogenated alkanes) is 24. The predicted molar refractivity (Wildman–Crippen MR) is 181 cm³/mol. The van der Waals surface area contributed by atoms with E-state index in [9.17, 15) is 9.46 Å². The monoisotopic (exact) mass is 603 g/mol. The molecule has 0 aliphatic carbocycles. The van der Waals surface area contributed by atoms with Gasteiger partial charge >= 0.3 is 7.82 Å². The zero-order chi connectivity index (χ0) is 30.3. The van der Waals surface area contributed by atoms with Gasteiger partial charge in [-0.2, -0.15) is 0 Å². The highest BCUT2D eigenvalue weighted by Crippen LogP contribution is 2.43. The molecule has 0 fully saturated rings. The van der Waals surface area contributed by atoms with Crippen molar-refractivity contribution in [2.75, 3.05) is 13.2 Å². The summed E-state index contributed by atoms with van der Waals surface area (Å²) in [6.07, 6.45) is 36.5. The van der Waals surface area contributed by atoms with E-state index in [1.54, 1.807) is 0 Å². The number of rotatable bonds is 34. The minimum atomic E-state index is -3.87. The van der Waals surface area contributed by atoms with Gasteiger partial charge in [0.1, 0.15) is 0 Å². The lowest BCUT2D eigenvalue weighted by atomic mass is 10.0. The normalized spacial score (nSPS) is 12.3. The van der Waals surface area contributed by atoms with Crippen LogP contribution in [0.3, 0.4) is 0 Å². The second kappa shape index (κ2) is 31.5. The van der Waals surface area contributed by atoms with Crippen LogP contribution in [0.1, 0.15) is 207 Å². The highest BCUT2D eigenvalue weighted by atomic mass is 31.2. The van der Waals surface area contributed by atoms with Crippen molar-refractivity contribution >= 4 is 7.82 Å². The fraction of sp³-hybridized carbons (Fsp3) is 1.00. The van der Waals surface area contributed by atoms with Gasteiger partial charge in [-0.1, -0.05) is 195 Å². The van der Waals surface area contributed by atoms with Gasteiger partial charge < -0.3 is 4.89 Å². The smallest absolute Gasteiger partial charge is 0.302 e. The van der Waals surface area contributed by atoms with Gasteiger partial charge in [-0.15, -0.1) is 0 Å². The van der Waals surface area contributed by atoms with E-state index in [0.29, 0.717) is 13.2 Å². The number of phosphoric ester groups is 1. The topological polar surface area (TPSA) is 55.8 Å². The van der Waals surface area contributed by atoms with Crippen molar-refractivity contribution in [2.45, 2.75) is 207 Å². The Hall–Kier alpha value is 0.110. The van der Waals surface area contributed by atoms with E-state index in [4.69, 9.17) is 9.05 Å². The van der Waals surface area contributed by atoms with Crippen LogP contribution in [0.15, 0.2) is 0 Å². The third kappa shape index (κ3) is 36.2. The van der Waals surface area contributed by atoms with Gasteiger partial charge in [0.15, 0.2) is 0 Å². The van der Waals surface area contributed by atoms with Crippen LogP contribution in [0.25, 0.3) is 0 Å². The molecule has 0 aliphatic heterocycles. The summed E-state index contributed by atoms with van der Waals surface area (Å²) < 4.78 is 22.4. The predicted octanol–water partition coefficient (Wildman–Crippen LogP) is 13.4. The summed E-state index contributed by atoms with van der Waals surface area (Å²) in [5.74, 6) is 1.71. The van der Waals surface area contributed by atoms with Gasteiger partial charge in [-0.05, 0) is 24.7 Å². The van der Waals surface area contributed by atoms with E-state index in [-0.39, 0.29) is 0 Å². The molecule has 0 rings (SSSR count). The summed E-state index contributed by atoms with van der Waals surface area (Å²) >= 11 is 0. The molecule has 0 amide bonds. The summed E-state index contributed by atoms with van der Waals surface area (Å²) in [5.41, 5.74) is 0. The molecule has 0 bridgehead atoms. The van der Waals surface area contributed by atoms with Crippen LogP contribution in [0.5, 0.6) is 0 Å². The number of hydrogen-bond acceptors (Lipinski definition) is 3. The van der Waals surface area contributed by atoms with Gasteiger partial charge in [-0.25, -0.2) is 4.57 Å². The Morgan fingerprint density at radius 2 is 0.585 bits per heavy atom. The molecule has 248 valence electrons. The molecule has 0 heterocycles. The summed E-state index contributed by atoms with van der Waals surface area (Å²) in [7, 11) is -3.87. The van der Waals surface area contributed by atoms with E-state index in [1.165, 1.54) is 154 Å². The zero-order valence-corrected chi connectivity index (χ0v) is 29.4. The summed E-state index contributed by atoms with van der Waals surface area (Å²) in [4.78, 5) is 9.88. The summed E-state index contributed by atoms with van der Waals surface area (Å²) in [5, 5.41) is 0. The van der Waals surface area contributed by atoms with Crippen LogP contribution in [0.4, 0.5) is 0 Å². The molecule has 4 nitrogen and oxygen atoms in total. The largest absolute Gasteiger partial charge is 0.472 e. The molecule has 0 aromatic carbocycles. The molecule has 5 heteroatoms. The van der Waals surface area contributed by atoms with E-state index < -0.39 is 7.82 Å². The van der Waals surface area contributed by atoms with Crippen LogP contribution in [0.2, 0.25) is 0 Å². The third-order valence-corrected chi connectivity index (χ3v) is 9.38. The first-order chi connectivity index (χ1) is 19.8.